The van der Waals surface area contributed by atoms with Crippen LogP contribution in [0.2, 0.25) is 0 Å². The Hall–Kier alpha value is -2.44. The number of H-pyrrole nitrogens is 1. The maximum Gasteiger partial charge on any atom is 0.341 e. The monoisotopic (exact) mass is 239 g/mol. The number of carboxylic acids is 1. The Balaban J connectivity index is 2.60. The van der Waals surface area contributed by atoms with E-state index in [1.807, 2.05) is 0 Å². The summed E-state index contributed by atoms with van der Waals surface area (Å²) in [6.45, 7) is 0. The zero-order chi connectivity index (χ0) is 12.6. The number of benzene rings is 1. The number of aromatic carboxylic acids is 1. The third-order valence-electron chi connectivity index (χ3n) is 2.22. The lowest BCUT2D eigenvalue weighted by Crippen LogP contribution is -2.01. The van der Waals surface area contributed by atoms with Crippen LogP contribution in [0.25, 0.3) is 11.3 Å². The molecule has 1 aromatic heterocycles. The lowest BCUT2D eigenvalue weighted by atomic mass is 10.1. The van der Waals surface area contributed by atoms with Gasteiger partial charge in [-0.2, -0.15) is 5.10 Å². The Morgan fingerprint density at radius 1 is 1.35 bits per heavy atom. The molecule has 0 aliphatic carbocycles. The Kier molecular flexibility index (Phi) is 2.51. The molecule has 0 unspecified atom stereocenters. The van der Waals surface area contributed by atoms with Crippen LogP contribution in [0.4, 0.5) is 14.6 Å². The van der Waals surface area contributed by atoms with E-state index in [0.29, 0.717) is 0 Å². The number of halogens is 2. The minimum absolute atomic E-state index is 0.0360. The molecule has 4 N–H and O–H groups in total. The van der Waals surface area contributed by atoms with Gasteiger partial charge in [0.1, 0.15) is 5.56 Å². The number of nitrogens with one attached hydrogen (secondary N) is 1. The highest BCUT2D eigenvalue weighted by Crippen LogP contribution is 2.26. The first kappa shape index (κ1) is 11.1. The van der Waals surface area contributed by atoms with Crippen LogP contribution >= 0.6 is 0 Å². The van der Waals surface area contributed by atoms with E-state index in [4.69, 9.17) is 10.8 Å². The van der Waals surface area contributed by atoms with Gasteiger partial charge in [-0.1, -0.05) is 0 Å². The van der Waals surface area contributed by atoms with E-state index in [-0.39, 0.29) is 22.6 Å². The predicted molar refractivity (Wildman–Crippen MR) is 55.3 cm³/mol. The second-order valence-corrected chi connectivity index (χ2v) is 3.29. The van der Waals surface area contributed by atoms with E-state index >= 15 is 0 Å². The molecule has 5 nitrogen and oxygen atoms in total. The lowest BCUT2D eigenvalue weighted by molar-refractivity contribution is 0.0699. The number of hydrogen-bond acceptors (Lipinski definition) is 3. The number of aromatic amines is 1. The van der Waals surface area contributed by atoms with Gasteiger partial charge in [0.05, 0.1) is 5.69 Å². The Morgan fingerprint density at radius 2 is 2.06 bits per heavy atom. The number of carbonyl (C=O) groups is 1. The molecule has 0 saturated carbocycles. The summed E-state index contributed by atoms with van der Waals surface area (Å²) in [5.74, 6) is -3.60. The highest BCUT2D eigenvalue weighted by Gasteiger charge is 2.19. The number of nitrogens with two attached hydrogens (primary N) is 1. The lowest BCUT2D eigenvalue weighted by Gasteiger charge is -2.01. The molecule has 7 heteroatoms. The summed E-state index contributed by atoms with van der Waals surface area (Å²) >= 11 is 0. The van der Waals surface area contributed by atoms with Crippen LogP contribution in [0.5, 0.6) is 0 Å². The van der Waals surface area contributed by atoms with E-state index in [0.717, 1.165) is 12.1 Å². The molecule has 0 bridgehead atoms. The van der Waals surface area contributed by atoms with Gasteiger partial charge in [-0.25, -0.2) is 13.6 Å². The largest absolute Gasteiger partial charge is 0.477 e. The van der Waals surface area contributed by atoms with E-state index in [1.165, 1.54) is 6.07 Å². The summed E-state index contributed by atoms with van der Waals surface area (Å²) in [5.41, 5.74) is 5.28. The van der Waals surface area contributed by atoms with Crippen molar-refractivity contribution in [3.63, 3.8) is 0 Å². The molecule has 0 aliphatic heterocycles. The zero-order valence-electron chi connectivity index (χ0n) is 8.37. The van der Waals surface area contributed by atoms with Crippen molar-refractivity contribution >= 4 is 11.8 Å². The van der Waals surface area contributed by atoms with E-state index < -0.39 is 17.6 Å². The number of carboxylic acid groups (broad SMARTS) is 1. The van der Waals surface area contributed by atoms with Gasteiger partial charge in [0.25, 0.3) is 0 Å². The smallest absolute Gasteiger partial charge is 0.341 e. The molecule has 88 valence electrons. The average molecular weight is 239 g/mol. The van der Waals surface area contributed by atoms with Crippen LogP contribution in [0.3, 0.4) is 0 Å². The van der Waals surface area contributed by atoms with Crippen molar-refractivity contribution in [3.8, 4) is 11.3 Å². The van der Waals surface area contributed by atoms with E-state index in [2.05, 4.69) is 10.2 Å². The molecule has 0 fully saturated rings. The highest BCUT2D eigenvalue weighted by molar-refractivity contribution is 5.99. The quantitative estimate of drug-likeness (QED) is 0.742. The summed E-state index contributed by atoms with van der Waals surface area (Å²) in [7, 11) is 0. The van der Waals surface area contributed by atoms with Crippen LogP contribution in [0.1, 0.15) is 10.4 Å². The molecule has 1 heterocycles. The normalized spacial score (nSPS) is 10.5. The molecule has 2 aromatic rings. The average Bonchev–Trinajstić information content (AvgIpc) is 2.64. The standard InChI is InChI=1S/C10H7F2N3O2/c11-5-2-1-4(3-6(5)12)8-7(10(16)17)9(13)15-14-8/h1-3H,(H,16,17)(H3,13,14,15). The topological polar surface area (TPSA) is 92.0 Å². The van der Waals surface area contributed by atoms with Crippen LogP contribution in [0, 0.1) is 11.6 Å². The molecule has 0 aliphatic rings. The SMILES string of the molecule is Nc1n[nH]c(-c2ccc(F)c(F)c2)c1C(=O)O. The maximum atomic E-state index is 13.0. The fourth-order valence-electron chi connectivity index (χ4n) is 1.43. The second-order valence-electron chi connectivity index (χ2n) is 3.29. The molecule has 2 rings (SSSR count). The van der Waals surface area contributed by atoms with Gasteiger partial charge >= 0.3 is 5.97 Å². The molecule has 0 saturated heterocycles. The van der Waals surface area contributed by atoms with Gasteiger partial charge in [-0.05, 0) is 18.2 Å². The van der Waals surface area contributed by atoms with Crippen LogP contribution in [0.15, 0.2) is 18.2 Å². The second kappa shape index (κ2) is 3.85. The van der Waals surface area contributed by atoms with Crippen LogP contribution in [-0.2, 0) is 0 Å². The molecule has 0 spiro atoms. The molecule has 0 radical (unpaired) electrons. The fraction of sp³-hybridized carbons (Fsp3) is 0. The van der Waals surface area contributed by atoms with Gasteiger partial charge < -0.3 is 10.8 Å². The zero-order valence-corrected chi connectivity index (χ0v) is 8.37. The number of hydrogen-bond donors (Lipinski definition) is 3. The highest BCUT2D eigenvalue weighted by atomic mass is 19.2. The van der Waals surface area contributed by atoms with Crippen molar-refractivity contribution in [1.29, 1.82) is 0 Å². The Bertz CT molecular complexity index is 595. The first-order valence-electron chi connectivity index (χ1n) is 4.53. The molecule has 0 amide bonds. The number of anilines is 1. The molecular formula is C10H7F2N3O2. The van der Waals surface area contributed by atoms with Gasteiger partial charge in [-0.15, -0.1) is 0 Å². The van der Waals surface area contributed by atoms with Gasteiger partial charge in [0.2, 0.25) is 0 Å². The fourth-order valence-corrected chi connectivity index (χ4v) is 1.43. The van der Waals surface area contributed by atoms with Gasteiger partial charge in [0.15, 0.2) is 17.5 Å². The molecule has 0 atom stereocenters. The van der Waals surface area contributed by atoms with Crippen molar-refractivity contribution < 1.29 is 18.7 Å². The van der Waals surface area contributed by atoms with Crippen LogP contribution in [-0.4, -0.2) is 21.3 Å². The van der Waals surface area contributed by atoms with Crippen molar-refractivity contribution in [2.45, 2.75) is 0 Å². The number of nitrogens with zero attached hydrogens (tertiary/aromatic N) is 1. The Labute approximate surface area is 93.9 Å². The first-order chi connectivity index (χ1) is 8.00. The maximum absolute atomic E-state index is 13.0. The third-order valence-corrected chi connectivity index (χ3v) is 2.22. The minimum Gasteiger partial charge on any atom is -0.477 e. The van der Waals surface area contributed by atoms with Crippen molar-refractivity contribution in [2.24, 2.45) is 0 Å². The van der Waals surface area contributed by atoms with Gasteiger partial charge in [-0.3, -0.25) is 5.10 Å². The summed E-state index contributed by atoms with van der Waals surface area (Å²) < 4.78 is 25.8. The summed E-state index contributed by atoms with van der Waals surface area (Å²) in [6.07, 6.45) is 0. The number of nitrogen functional groups attached to an aromatic ring is 1. The minimum atomic E-state index is -1.30. The number of rotatable bonds is 2. The molecule has 1 aromatic carbocycles. The predicted octanol–water partition coefficient (Wildman–Crippen LogP) is 1.64. The first-order valence-corrected chi connectivity index (χ1v) is 4.53. The number of aromatic nitrogens is 2. The Morgan fingerprint density at radius 3 is 2.65 bits per heavy atom. The molecular weight excluding hydrogens is 232 g/mol. The summed E-state index contributed by atoms with van der Waals surface area (Å²) in [4.78, 5) is 10.9. The van der Waals surface area contributed by atoms with E-state index in [9.17, 15) is 13.6 Å². The van der Waals surface area contributed by atoms with E-state index in [1.54, 1.807) is 0 Å². The van der Waals surface area contributed by atoms with Gasteiger partial charge in [0, 0.05) is 5.56 Å². The summed E-state index contributed by atoms with van der Waals surface area (Å²) in [6, 6.07) is 3.00. The van der Waals surface area contributed by atoms with Crippen LogP contribution < -0.4 is 5.73 Å². The van der Waals surface area contributed by atoms with Crippen molar-refractivity contribution in [2.75, 3.05) is 5.73 Å². The van der Waals surface area contributed by atoms with Crippen molar-refractivity contribution in [1.82, 2.24) is 10.2 Å². The van der Waals surface area contributed by atoms with Crippen molar-refractivity contribution in [3.05, 3.63) is 35.4 Å². The third kappa shape index (κ3) is 1.82. The molecule has 17 heavy (non-hydrogen) atoms. The summed E-state index contributed by atoms with van der Waals surface area (Å²) in [5, 5.41) is 14.8.